The van der Waals surface area contributed by atoms with Gasteiger partial charge in [-0.2, -0.15) is 0 Å². The van der Waals surface area contributed by atoms with E-state index in [0.29, 0.717) is 11.3 Å². The first-order chi connectivity index (χ1) is 9.02. The first-order valence-corrected chi connectivity index (χ1v) is 5.81. The van der Waals surface area contributed by atoms with Gasteiger partial charge in [0.2, 0.25) is 11.8 Å². The number of amides is 3. The van der Waals surface area contributed by atoms with Gasteiger partial charge in [0.15, 0.2) is 0 Å². The van der Waals surface area contributed by atoms with Crippen LogP contribution in [0.4, 0.5) is 0 Å². The van der Waals surface area contributed by atoms with Crippen LogP contribution in [0.2, 0.25) is 0 Å². The Bertz CT molecular complexity index is 541. The average molecular weight is 262 g/mol. The number of benzene rings is 1. The highest BCUT2D eigenvalue weighted by Crippen LogP contribution is 2.16. The number of rotatable bonds is 2. The molecule has 0 spiro atoms. The number of ether oxygens (including phenoxy) is 1. The van der Waals surface area contributed by atoms with Crippen LogP contribution in [-0.4, -0.2) is 42.3 Å². The van der Waals surface area contributed by atoms with E-state index in [1.54, 1.807) is 31.2 Å². The van der Waals surface area contributed by atoms with Crippen LogP contribution in [0.1, 0.15) is 17.3 Å². The monoisotopic (exact) mass is 262 g/mol. The Labute approximate surface area is 110 Å². The first kappa shape index (κ1) is 13.1. The largest absolute Gasteiger partial charge is 0.497 e. The number of carbonyl (C=O) groups is 3. The molecule has 0 radical (unpaired) electrons. The third kappa shape index (κ3) is 2.57. The quantitative estimate of drug-likeness (QED) is 0.772. The molecule has 1 aliphatic rings. The molecule has 6 nitrogen and oxygen atoms in total. The molecule has 1 aromatic carbocycles. The highest BCUT2D eigenvalue weighted by atomic mass is 16.5. The van der Waals surface area contributed by atoms with Crippen molar-refractivity contribution in [2.75, 3.05) is 13.7 Å². The van der Waals surface area contributed by atoms with E-state index in [1.807, 2.05) is 0 Å². The lowest BCUT2D eigenvalue weighted by atomic mass is 10.1. The zero-order chi connectivity index (χ0) is 14.0. The molecular formula is C13H14N2O4. The van der Waals surface area contributed by atoms with E-state index in [2.05, 4.69) is 5.32 Å². The summed E-state index contributed by atoms with van der Waals surface area (Å²) in [6, 6.07) is 5.92. The predicted octanol–water partition coefficient (Wildman–Crippen LogP) is 0.182. The standard InChI is InChI=1S/C13H14N2O4/c1-8-12(17)14-11(16)7-15(8)13(18)9-4-3-5-10(6-9)19-2/h3-6,8H,7H2,1-2H3,(H,14,16,17). The fraction of sp³-hybridized carbons (Fsp3) is 0.308. The summed E-state index contributed by atoms with van der Waals surface area (Å²) in [7, 11) is 1.50. The van der Waals surface area contributed by atoms with Crippen molar-refractivity contribution in [3.63, 3.8) is 0 Å². The molecule has 1 N–H and O–H groups in total. The Morgan fingerprint density at radius 2 is 2.16 bits per heavy atom. The van der Waals surface area contributed by atoms with Crippen LogP contribution in [0, 0.1) is 0 Å². The van der Waals surface area contributed by atoms with Crippen molar-refractivity contribution in [2.45, 2.75) is 13.0 Å². The van der Waals surface area contributed by atoms with Crippen LogP contribution in [0.3, 0.4) is 0 Å². The summed E-state index contributed by atoms with van der Waals surface area (Å²) in [5, 5.41) is 2.19. The molecule has 0 saturated carbocycles. The smallest absolute Gasteiger partial charge is 0.255 e. The van der Waals surface area contributed by atoms with Gasteiger partial charge in [-0.25, -0.2) is 0 Å². The van der Waals surface area contributed by atoms with Crippen molar-refractivity contribution in [3.05, 3.63) is 29.8 Å². The molecule has 1 saturated heterocycles. The Morgan fingerprint density at radius 3 is 2.84 bits per heavy atom. The van der Waals surface area contributed by atoms with E-state index < -0.39 is 17.9 Å². The minimum Gasteiger partial charge on any atom is -0.497 e. The topological polar surface area (TPSA) is 75.7 Å². The first-order valence-electron chi connectivity index (χ1n) is 5.81. The molecule has 19 heavy (non-hydrogen) atoms. The third-order valence-electron chi connectivity index (χ3n) is 3.00. The van der Waals surface area contributed by atoms with E-state index in [4.69, 9.17) is 4.74 Å². The van der Waals surface area contributed by atoms with E-state index in [1.165, 1.54) is 12.0 Å². The Morgan fingerprint density at radius 1 is 1.42 bits per heavy atom. The van der Waals surface area contributed by atoms with Crippen LogP contribution in [-0.2, 0) is 9.59 Å². The molecule has 1 heterocycles. The Balaban J connectivity index is 2.27. The summed E-state index contributed by atoms with van der Waals surface area (Å²) >= 11 is 0. The summed E-state index contributed by atoms with van der Waals surface area (Å²) in [6.07, 6.45) is 0. The van der Waals surface area contributed by atoms with Crippen molar-refractivity contribution < 1.29 is 19.1 Å². The van der Waals surface area contributed by atoms with Gasteiger partial charge in [-0.05, 0) is 25.1 Å². The van der Waals surface area contributed by atoms with Crippen molar-refractivity contribution in [2.24, 2.45) is 0 Å². The number of methoxy groups -OCH3 is 1. The second-order valence-electron chi connectivity index (χ2n) is 4.25. The van der Waals surface area contributed by atoms with Crippen LogP contribution >= 0.6 is 0 Å². The number of nitrogens with zero attached hydrogens (tertiary/aromatic N) is 1. The number of hydrogen-bond acceptors (Lipinski definition) is 4. The number of carbonyl (C=O) groups excluding carboxylic acids is 3. The van der Waals surface area contributed by atoms with Crippen LogP contribution < -0.4 is 10.1 Å². The summed E-state index contributed by atoms with van der Waals surface area (Å²) in [5.74, 6) is -0.757. The maximum atomic E-state index is 12.3. The van der Waals surface area contributed by atoms with Gasteiger partial charge in [0.05, 0.1) is 7.11 Å². The van der Waals surface area contributed by atoms with Gasteiger partial charge in [-0.15, -0.1) is 0 Å². The zero-order valence-corrected chi connectivity index (χ0v) is 10.7. The summed E-state index contributed by atoms with van der Waals surface area (Å²) in [6.45, 7) is 1.46. The lowest BCUT2D eigenvalue weighted by Crippen LogP contribution is -2.58. The summed E-state index contributed by atoms with van der Waals surface area (Å²) < 4.78 is 5.04. The fourth-order valence-electron chi connectivity index (χ4n) is 1.88. The second kappa shape index (κ2) is 5.09. The van der Waals surface area contributed by atoms with Crippen molar-refractivity contribution in [3.8, 4) is 5.75 Å². The molecule has 1 aromatic rings. The van der Waals surface area contributed by atoms with Gasteiger partial charge in [0.1, 0.15) is 18.3 Å². The normalized spacial score (nSPS) is 19.1. The second-order valence-corrected chi connectivity index (χ2v) is 4.25. The molecule has 1 fully saturated rings. The lowest BCUT2D eigenvalue weighted by Gasteiger charge is -2.31. The molecule has 1 unspecified atom stereocenters. The van der Waals surface area contributed by atoms with Crippen LogP contribution in [0.5, 0.6) is 5.75 Å². The summed E-state index contributed by atoms with van der Waals surface area (Å²) in [5.41, 5.74) is 0.383. The van der Waals surface area contributed by atoms with Gasteiger partial charge in [0.25, 0.3) is 5.91 Å². The minimum atomic E-state index is -0.670. The van der Waals surface area contributed by atoms with Gasteiger partial charge in [-0.1, -0.05) is 6.07 Å². The number of piperazine rings is 1. The maximum absolute atomic E-state index is 12.3. The number of nitrogens with one attached hydrogen (secondary N) is 1. The average Bonchev–Trinajstić information content (AvgIpc) is 2.42. The number of imide groups is 1. The van der Waals surface area contributed by atoms with E-state index in [-0.39, 0.29) is 12.5 Å². The predicted molar refractivity (Wildman–Crippen MR) is 66.6 cm³/mol. The molecular weight excluding hydrogens is 248 g/mol. The highest BCUT2D eigenvalue weighted by molar-refractivity contribution is 6.07. The van der Waals surface area contributed by atoms with E-state index >= 15 is 0 Å². The van der Waals surface area contributed by atoms with Gasteiger partial charge < -0.3 is 9.64 Å². The highest BCUT2D eigenvalue weighted by Gasteiger charge is 2.33. The van der Waals surface area contributed by atoms with Crippen LogP contribution in [0.15, 0.2) is 24.3 Å². The minimum absolute atomic E-state index is 0.122. The zero-order valence-electron chi connectivity index (χ0n) is 10.7. The number of hydrogen-bond donors (Lipinski definition) is 1. The molecule has 1 atom stereocenters. The summed E-state index contributed by atoms with van der Waals surface area (Å²) in [4.78, 5) is 36.4. The van der Waals surface area contributed by atoms with Gasteiger partial charge in [-0.3, -0.25) is 19.7 Å². The molecule has 0 aliphatic carbocycles. The molecule has 0 aromatic heterocycles. The Kier molecular flexibility index (Phi) is 3.50. The molecule has 0 bridgehead atoms. The third-order valence-corrected chi connectivity index (χ3v) is 3.00. The van der Waals surface area contributed by atoms with Crippen LogP contribution in [0.25, 0.3) is 0 Å². The van der Waals surface area contributed by atoms with Crippen molar-refractivity contribution in [1.82, 2.24) is 10.2 Å². The molecule has 2 rings (SSSR count). The van der Waals surface area contributed by atoms with Crippen molar-refractivity contribution >= 4 is 17.7 Å². The molecule has 1 aliphatic heterocycles. The van der Waals surface area contributed by atoms with Gasteiger partial charge in [0, 0.05) is 5.56 Å². The molecule has 6 heteroatoms. The lowest BCUT2D eigenvalue weighted by molar-refractivity contribution is -0.138. The molecule has 3 amide bonds. The molecule has 100 valence electrons. The van der Waals surface area contributed by atoms with E-state index in [9.17, 15) is 14.4 Å². The SMILES string of the molecule is COc1cccc(C(=O)N2CC(=O)NC(=O)C2C)c1. The van der Waals surface area contributed by atoms with E-state index in [0.717, 1.165) is 0 Å². The van der Waals surface area contributed by atoms with Crippen molar-refractivity contribution in [1.29, 1.82) is 0 Å². The maximum Gasteiger partial charge on any atom is 0.255 e. The Hall–Kier alpha value is -2.37. The fourth-order valence-corrected chi connectivity index (χ4v) is 1.88. The van der Waals surface area contributed by atoms with Gasteiger partial charge >= 0.3 is 0 Å².